The number of aromatic nitrogens is 4. The summed E-state index contributed by atoms with van der Waals surface area (Å²) in [4.78, 5) is 7.99. The van der Waals surface area contributed by atoms with E-state index in [1.807, 2.05) is 30.3 Å². The van der Waals surface area contributed by atoms with Crippen molar-refractivity contribution in [2.75, 3.05) is 24.3 Å². The molecule has 0 bridgehead atoms. The largest absolute Gasteiger partial charge is 0.358 e. The van der Waals surface area contributed by atoms with E-state index in [4.69, 9.17) is 0 Å². The predicted molar refractivity (Wildman–Crippen MR) is 54.8 cm³/mol. The molecule has 0 atom stereocenters. The van der Waals surface area contributed by atoms with Crippen LogP contribution in [0.3, 0.4) is 0 Å². The van der Waals surface area contributed by atoms with Crippen LogP contribution >= 0.6 is 0 Å². The van der Waals surface area contributed by atoms with Gasteiger partial charge >= 0.3 is 0 Å². The number of nitrogens with one attached hydrogen (secondary N) is 3. The number of hydrogen-bond donors (Lipinski definition) is 3. The fraction of sp³-hybridized carbons (Fsp3) is 0.250. The van der Waals surface area contributed by atoms with Crippen molar-refractivity contribution in [2.45, 2.75) is 0 Å². The highest BCUT2D eigenvalue weighted by Crippen LogP contribution is 2.17. The average molecular weight is 192 g/mol. The van der Waals surface area contributed by atoms with Crippen LogP contribution < -0.4 is 10.2 Å². The third-order valence-corrected chi connectivity index (χ3v) is 1.97. The molecular formula is C8H12N6. The molecular weight excluding hydrogens is 180 g/mol. The normalized spacial score (nSPS) is 10.1. The molecule has 2 aromatic rings. The van der Waals surface area contributed by atoms with E-state index in [-0.39, 0.29) is 0 Å². The van der Waals surface area contributed by atoms with Crippen molar-refractivity contribution in [1.29, 1.82) is 0 Å². The number of rotatable bonds is 3. The quantitative estimate of drug-likeness (QED) is 0.676. The van der Waals surface area contributed by atoms with E-state index in [1.54, 1.807) is 7.05 Å². The van der Waals surface area contributed by atoms with Crippen LogP contribution in [0.2, 0.25) is 0 Å². The van der Waals surface area contributed by atoms with Gasteiger partial charge in [-0.1, -0.05) is 0 Å². The molecule has 14 heavy (non-hydrogen) atoms. The first kappa shape index (κ1) is 8.61. The molecule has 6 nitrogen and oxygen atoms in total. The molecule has 0 spiro atoms. The summed E-state index contributed by atoms with van der Waals surface area (Å²) in [6, 6.07) is 3.89. The fourth-order valence-corrected chi connectivity index (χ4v) is 1.16. The first-order valence-corrected chi connectivity index (χ1v) is 4.29. The molecule has 0 aromatic carbocycles. The molecule has 0 aliphatic rings. The highest BCUT2D eigenvalue weighted by Gasteiger charge is 2.08. The van der Waals surface area contributed by atoms with Crippen LogP contribution in [-0.4, -0.2) is 34.3 Å². The Hall–Kier alpha value is -1.98. The lowest BCUT2D eigenvalue weighted by Gasteiger charge is -2.12. The SMILES string of the molecule is CNc1nnc(N(C)c2ccc[nH]2)[nH]1. The van der Waals surface area contributed by atoms with Crippen LogP contribution in [0.15, 0.2) is 18.3 Å². The van der Waals surface area contributed by atoms with Gasteiger partial charge in [-0.15, -0.1) is 10.2 Å². The lowest BCUT2D eigenvalue weighted by Crippen LogP contribution is -2.11. The number of hydrogen-bond acceptors (Lipinski definition) is 4. The maximum atomic E-state index is 3.98. The molecule has 0 saturated carbocycles. The second-order valence-corrected chi connectivity index (χ2v) is 2.86. The van der Waals surface area contributed by atoms with E-state index < -0.39 is 0 Å². The number of anilines is 3. The van der Waals surface area contributed by atoms with Crippen molar-refractivity contribution >= 4 is 17.7 Å². The van der Waals surface area contributed by atoms with E-state index in [9.17, 15) is 0 Å². The van der Waals surface area contributed by atoms with Gasteiger partial charge in [0, 0.05) is 20.3 Å². The van der Waals surface area contributed by atoms with Gasteiger partial charge in [0.1, 0.15) is 5.82 Å². The zero-order valence-corrected chi connectivity index (χ0v) is 8.07. The van der Waals surface area contributed by atoms with E-state index in [2.05, 4.69) is 25.5 Å². The van der Waals surface area contributed by atoms with Gasteiger partial charge in [0.05, 0.1) is 0 Å². The van der Waals surface area contributed by atoms with Gasteiger partial charge in [-0.25, -0.2) is 0 Å². The molecule has 2 heterocycles. The molecule has 74 valence electrons. The minimum Gasteiger partial charge on any atom is -0.358 e. The Morgan fingerprint density at radius 3 is 2.86 bits per heavy atom. The van der Waals surface area contributed by atoms with Gasteiger partial charge in [-0.05, 0) is 12.1 Å². The zero-order valence-electron chi connectivity index (χ0n) is 8.07. The molecule has 0 aliphatic heterocycles. The first-order chi connectivity index (χ1) is 6.81. The molecule has 6 heteroatoms. The Bertz CT molecular complexity index is 390. The second-order valence-electron chi connectivity index (χ2n) is 2.86. The Morgan fingerprint density at radius 1 is 1.43 bits per heavy atom. The maximum Gasteiger partial charge on any atom is 0.231 e. The second kappa shape index (κ2) is 3.41. The Balaban J connectivity index is 2.23. The minimum absolute atomic E-state index is 0.651. The van der Waals surface area contributed by atoms with Crippen LogP contribution in [-0.2, 0) is 0 Å². The van der Waals surface area contributed by atoms with Gasteiger partial charge in [0.15, 0.2) is 0 Å². The van der Waals surface area contributed by atoms with Gasteiger partial charge in [0.2, 0.25) is 11.9 Å². The van der Waals surface area contributed by atoms with Crippen molar-refractivity contribution in [3.63, 3.8) is 0 Å². The zero-order chi connectivity index (χ0) is 9.97. The number of nitrogens with zero attached hydrogens (tertiary/aromatic N) is 3. The molecule has 3 N–H and O–H groups in total. The summed E-state index contributed by atoms with van der Waals surface area (Å²) in [5.74, 6) is 2.30. The molecule has 0 radical (unpaired) electrons. The summed E-state index contributed by atoms with van der Waals surface area (Å²) in [6.45, 7) is 0. The average Bonchev–Trinajstić information content (AvgIpc) is 2.88. The van der Waals surface area contributed by atoms with Crippen LogP contribution in [0.5, 0.6) is 0 Å². The molecule has 2 aromatic heterocycles. The van der Waals surface area contributed by atoms with Crippen molar-refractivity contribution < 1.29 is 0 Å². The van der Waals surface area contributed by atoms with Crippen LogP contribution in [0.1, 0.15) is 0 Å². The highest BCUT2D eigenvalue weighted by molar-refractivity contribution is 5.52. The lowest BCUT2D eigenvalue weighted by atomic mass is 10.6. The fourth-order valence-electron chi connectivity index (χ4n) is 1.16. The van der Waals surface area contributed by atoms with Gasteiger partial charge in [-0.2, -0.15) is 0 Å². The molecule has 0 aliphatic carbocycles. The first-order valence-electron chi connectivity index (χ1n) is 4.29. The lowest BCUT2D eigenvalue weighted by molar-refractivity contribution is 1.02. The van der Waals surface area contributed by atoms with E-state index >= 15 is 0 Å². The van der Waals surface area contributed by atoms with E-state index in [1.165, 1.54) is 0 Å². The van der Waals surface area contributed by atoms with Crippen molar-refractivity contribution in [1.82, 2.24) is 20.2 Å². The summed E-state index contributed by atoms with van der Waals surface area (Å²) in [5.41, 5.74) is 0. The van der Waals surface area contributed by atoms with Crippen molar-refractivity contribution in [3.05, 3.63) is 18.3 Å². The van der Waals surface area contributed by atoms with Gasteiger partial charge < -0.3 is 10.3 Å². The van der Waals surface area contributed by atoms with Gasteiger partial charge in [0.25, 0.3) is 0 Å². The topological polar surface area (TPSA) is 72.6 Å². The van der Waals surface area contributed by atoms with Crippen molar-refractivity contribution in [3.8, 4) is 0 Å². The number of aromatic amines is 2. The molecule has 0 unspecified atom stereocenters. The summed E-state index contributed by atoms with van der Waals surface area (Å²) < 4.78 is 0. The smallest absolute Gasteiger partial charge is 0.231 e. The Labute approximate surface area is 81.4 Å². The Kier molecular flexibility index (Phi) is 2.10. The standard InChI is InChI=1S/C8H12N6/c1-9-7-11-8(13-12-7)14(2)6-4-3-5-10-6/h3-5,10H,1-2H3,(H2,9,11,12,13). The molecule has 2 rings (SSSR count). The maximum absolute atomic E-state index is 3.98. The monoisotopic (exact) mass is 192 g/mol. The van der Waals surface area contributed by atoms with E-state index in [0.29, 0.717) is 11.9 Å². The highest BCUT2D eigenvalue weighted by atomic mass is 15.4. The summed E-state index contributed by atoms with van der Waals surface area (Å²) in [6.07, 6.45) is 1.86. The van der Waals surface area contributed by atoms with Crippen LogP contribution in [0.25, 0.3) is 0 Å². The molecule has 0 amide bonds. The minimum atomic E-state index is 0.651. The van der Waals surface area contributed by atoms with Gasteiger partial charge in [-0.3, -0.25) is 9.88 Å². The third kappa shape index (κ3) is 1.41. The summed E-state index contributed by atoms with van der Waals surface area (Å²) >= 11 is 0. The molecule has 0 fully saturated rings. The Morgan fingerprint density at radius 2 is 2.29 bits per heavy atom. The third-order valence-electron chi connectivity index (χ3n) is 1.97. The summed E-state index contributed by atoms with van der Waals surface area (Å²) in [5, 5.41) is 10.8. The van der Waals surface area contributed by atoms with Crippen LogP contribution in [0, 0.1) is 0 Å². The van der Waals surface area contributed by atoms with Crippen LogP contribution in [0.4, 0.5) is 17.7 Å². The van der Waals surface area contributed by atoms with E-state index in [0.717, 1.165) is 5.82 Å². The van der Waals surface area contributed by atoms with Crippen molar-refractivity contribution in [2.24, 2.45) is 0 Å². The number of H-pyrrole nitrogens is 2. The molecule has 0 saturated heterocycles. The predicted octanol–water partition coefficient (Wildman–Crippen LogP) is 0.942. The summed E-state index contributed by atoms with van der Waals surface area (Å²) in [7, 11) is 3.70.